The summed E-state index contributed by atoms with van der Waals surface area (Å²) in [4.78, 5) is 12.5. The average Bonchev–Trinajstić information content (AvgIpc) is 2.16. The summed E-state index contributed by atoms with van der Waals surface area (Å²) in [6.45, 7) is 0.332. The highest BCUT2D eigenvalue weighted by Gasteiger charge is 2.46. The lowest BCUT2D eigenvalue weighted by Crippen LogP contribution is -2.60. The number of urea groups is 1. The van der Waals surface area contributed by atoms with Crippen molar-refractivity contribution in [3.05, 3.63) is 0 Å². The molecular formula is C9H16F3N3O. The van der Waals surface area contributed by atoms with Crippen molar-refractivity contribution in [1.29, 1.82) is 0 Å². The fourth-order valence-corrected chi connectivity index (χ4v) is 1.68. The van der Waals surface area contributed by atoms with Gasteiger partial charge in [-0.25, -0.2) is 4.79 Å². The first-order valence-corrected chi connectivity index (χ1v) is 5.10. The number of nitrogens with one attached hydrogen (secondary N) is 2. The molecule has 0 aromatic rings. The van der Waals surface area contributed by atoms with E-state index >= 15 is 0 Å². The largest absolute Gasteiger partial charge is 0.405 e. The molecule has 2 unspecified atom stereocenters. The summed E-state index contributed by atoms with van der Waals surface area (Å²) in [5.41, 5.74) is 0. The molecule has 7 heteroatoms. The molecule has 0 spiro atoms. The minimum atomic E-state index is -4.33. The van der Waals surface area contributed by atoms with E-state index in [1.807, 2.05) is 0 Å². The molecule has 1 saturated heterocycles. The molecule has 4 nitrogen and oxygen atoms in total. The number of nitrogens with zero attached hydrogens (tertiary/aromatic N) is 1. The number of carbonyl (C=O) groups is 1. The second-order valence-corrected chi connectivity index (χ2v) is 4.07. The quantitative estimate of drug-likeness (QED) is 0.715. The van der Waals surface area contributed by atoms with Crippen LogP contribution in [0, 0.1) is 0 Å². The van der Waals surface area contributed by atoms with E-state index in [1.54, 1.807) is 0 Å². The molecule has 2 atom stereocenters. The van der Waals surface area contributed by atoms with Gasteiger partial charge in [-0.2, -0.15) is 13.2 Å². The van der Waals surface area contributed by atoms with Gasteiger partial charge in [-0.05, 0) is 19.4 Å². The first-order valence-electron chi connectivity index (χ1n) is 5.10. The van der Waals surface area contributed by atoms with Gasteiger partial charge in [0, 0.05) is 14.1 Å². The Hall–Kier alpha value is -0.980. The van der Waals surface area contributed by atoms with E-state index in [1.165, 1.54) is 19.0 Å². The predicted molar refractivity (Wildman–Crippen MR) is 53.1 cm³/mol. The molecule has 0 bridgehead atoms. The van der Waals surface area contributed by atoms with Crippen LogP contribution in [0.4, 0.5) is 18.0 Å². The van der Waals surface area contributed by atoms with Crippen LogP contribution in [-0.2, 0) is 0 Å². The Bertz CT molecular complexity index is 255. The first-order chi connectivity index (χ1) is 7.32. The monoisotopic (exact) mass is 239 g/mol. The topological polar surface area (TPSA) is 44.4 Å². The van der Waals surface area contributed by atoms with Crippen LogP contribution in [0.3, 0.4) is 0 Å². The zero-order chi connectivity index (χ0) is 12.3. The SMILES string of the molecule is CN(C)C(=O)NC1CCCNC1C(F)(F)F. The summed E-state index contributed by atoms with van der Waals surface area (Å²) in [6, 6.07) is -3.03. The molecule has 2 amide bonds. The van der Waals surface area contributed by atoms with E-state index in [4.69, 9.17) is 0 Å². The number of rotatable bonds is 1. The predicted octanol–water partition coefficient (Wildman–Crippen LogP) is 0.940. The van der Waals surface area contributed by atoms with Gasteiger partial charge in [-0.1, -0.05) is 0 Å². The van der Waals surface area contributed by atoms with Crippen LogP contribution < -0.4 is 10.6 Å². The van der Waals surface area contributed by atoms with Gasteiger partial charge in [0.2, 0.25) is 0 Å². The smallest absolute Gasteiger partial charge is 0.333 e. The van der Waals surface area contributed by atoms with Gasteiger partial charge in [0.25, 0.3) is 0 Å². The standard InChI is InChI=1S/C9H16F3N3O/c1-15(2)8(16)14-6-4-3-5-13-7(6)9(10,11)12/h6-7,13H,3-5H2,1-2H3,(H,14,16). The lowest BCUT2D eigenvalue weighted by Gasteiger charge is -2.34. The van der Waals surface area contributed by atoms with Gasteiger partial charge in [-0.3, -0.25) is 0 Å². The molecule has 0 aliphatic carbocycles. The van der Waals surface area contributed by atoms with Gasteiger partial charge >= 0.3 is 12.2 Å². The maximum Gasteiger partial charge on any atom is 0.405 e. The van der Waals surface area contributed by atoms with Crippen molar-refractivity contribution in [2.24, 2.45) is 0 Å². The van der Waals surface area contributed by atoms with Crippen LogP contribution >= 0.6 is 0 Å². The molecule has 1 heterocycles. The second kappa shape index (κ2) is 4.90. The molecular weight excluding hydrogens is 223 g/mol. The zero-order valence-corrected chi connectivity index (χ0v) is 9.27. The molecule has 0 aromatic heterocycles. The molecule has 1 aliphatic heterocycles. The lowest BCUT2D eigenvalue weighted by molar-refractivity contribution is -0.165. The number of amides is 2. The van der Waals surface area contributed by atoms with Crippen molar-refractivity contribution >= 4 is 6.03 Å². The summed E-state index contributed by atoms with van der Waals surface area (Å²) in [7, 11) is 2.99. The molecule has 2 N–H and O–H groups in total. The number of carbonyl (C=O) groups excluding carboxylic acids is 1. The highest BCUT2D eigenvalue weighted by molar-refractivity contribution is 5.73. The Morgan fingerprint density at radius 2 is 2.06 bits per heavy atom. The van der Waals surface area contributed by atoms with Crippen LogP contribution in [0.5, 0.6) is 0 Å². The zero-order valence-electron chi connectivity index (χ0n) is 9.27. The minimum Gasteiger partial charge on any atom is -0.333 e. The van der Waals surface area contributed by atoms with Crippen LogP contribution in [0.2, 0.25) is 0 Å². The summed E-state index contributed by atoms with van der Waals surface area (Å²) in [6.07, 6.45) is -3.35. The van der Waals surface area contributed by atoms with Crippen LogP contribution in [0.1, 0.15) is 12.8 Å². The second-order valence-electron chi connectivity index (χ2n) is 4.07. The van der Waals surface area contributed by atoms with Crippen LogP contribution in [0.15, 0.2) is 0 Å². The van der Waals surface area contributed by atoms with E-state index in [-0.39, 0.29) is 0 Å². The minimum absolute atomic E-state index is 0.332. The maximum atomic E-state index is 12.6. The van der Waals surface area contributed by atoms with Crippen LogP contribution in [-0.4, -0.2) is 49.8 Å². The molecule has 1 rings (SSSR count). The Labute approximate surface area is 92.2 Å². The number of halogens is 3. The number of alkyl halides is 3. The molecule has 0 radical (unpaired) electrons. The first kappa shape index (κ1) is 13.1. The highest BCUT2D eigenvalue weighted by Crippen LogP contribution is 2.26. The molecule has 16 heavy (non-hydrogen) atoms. The summed E-state index contributed by atoms with van der Waals surface area (Å²) in [5.74, 6) is 0. The Morgan fingerprint density at radius 1 is 1.44 bits per heavy atom. The van der Waals surface area contributed by atoms with E-state index in [0.29, 0.717) is 19.4 Å². The Balaban J connectivity index is 2.64. The summed E-state index contributed by atoms with van der Waals surface area (Å²) < 4.78 is 37.8. The third-order valence-corrected chi connectivity index (χ3v) is 2.53. The number of hydrogen-bond acceptors (Lipinski definition) is 2. The van der Waals surface area contributed by atoms with Crippen molar-refractivity contribution in [2.45, 2.75) is 31.1 Å². The van der Waals surface area contributed by atoms with Crippen molar-refractivity contribution in [3.63, 3.8) is 0 Å². The normalized spacial score (nSPS) is 26.3. The van der Waals surface area contributed by atoms with Gasteiger partial charge in [-0.15, -0.1) is 0 Å². The van der Waals surface area contributed by atoms with E-state index < -0.39 is 24.3 Å². The summed E-state index contributed by atoms with van der Waals surface area (Å²) in [5, 5.41) is 4.77. The van der Waals surface area contributed by atoms with Gasteiger partial charge in [0.1, 0.15) is 6.04 Å². The van der Waals surface area contributed by atoms with E-state index in [2.05, 4.69) is 10.6 Å². The molecule has 0 aromatic carbocycles. The molecule has 1 aliphatic rings. The summed E-state index contributed by atoms with van der Waals surface area (Å²) >= 11 is 0. The van der Waals surface area contributed by atoms with Crippen molar-refractivity contribution < 1.29 is 18.0 Å². The van der Waals surface area contributed by atoms with Crippen molar-refractivity contribution in [3.8, 4) is 0 Å². The maximum absolute atomic E-state index is 12.6. The van der Waals surface area contributed by atoms with E-state index in [9.17, 15) is 18.0 Å². The fraction of sp³-hybridized carbons (Fsp3) is 0.889. The fourth-order valence-electron chi connectivity index (χ4n) is 1.68. The van der Waals surface area contributed by atoms with Gasteiger partial charge in [0.05, 0.1) is 6.04 Å². The highest BCUT2D eigenvalue weighted by atomic mass is 19.4. The molecule has 0 saturated carbocycles. The molecule has 94 valence electrons. The van der Waals surface area contributed by atoms with Gasteiger partial charge in [0.15, 0.2) is 0 Å². The number of hydrogen-bond donors (Lipinski definition) is 2. The van der Waals surface area contributed by atoms with Crippen molar-refractivity contribution in [1.82, 2.24) is 15.5 Å². The lowest BCUT2D eigenvalue weighted by atomic mass is 9.98. The van der Waals surface area contributed by atoms with Crippen molar-refractivity contribution in [2.75, 3.05) is 20.6 Å². The Kier molecular flexibility index (Phi) is 4.01. The third kappa shape index (κ3) is 3.26. The van der Waals surface area contributed by atoms with Crippen LogP contribution in [0.25, 0.3) is 0 Å². The Morgan fingerprint density at radius 3 is 2.56 bits per heavy atom. The molecule has 1 fully saturated rings. The third-order valence-electron chi connectivity index (χ3n) is 2.53. The van der Waals surface area contributed by atoms with E-state index in [0.717, 1.165) is 0 Å². The average molecular weight is 239 g/mol. The number of piperidine rings is 1. The van der Waals surface area contributed by atoms with Gasteiger partial charge < -0.3 is 15.5 Å².